The lowest BCUT2D eigenvalue weighted by molar-refractivity contribution is -0.921. The highest BCUT2D eigenvalue weighted by Crippen LogP contribution is 2.10. The zero-order chi connectivity index (χ0) is 19.6. The molecule has 0 saturated heterocycles. The summed E-state index contributed by atoms with van der Waals surface area (Å²) in [4.78, 5) is 0. The first-order valence-electron chi connectivity index (χ1n) is 10.2. The van der Waals surface area contributed by atoms with Crippen molar-refractivity contribution in [3.63, 3.8) is 0 Å². The maximum atomic E-state index is 11.4. The van der Waals surface area contributed by atoms with Gasteiger partial charge in [0, 0.05) is 0 Å². The monoisotopic (exact) mass is 384 g/mol. The minimum Gasteiger partial charge on any atom is -0.325 e. The molecule has 0 fully saturated rings. The fraction of sp³-hybridized carbons (Fsp3) is 1.00. The maximum absolute atomic E-state index is 11.4. The van der Waals surface area contributed by atoms with Gasteiger partial charge in [0.25, 0.3) is 10.1 Å². The van der Waals surface area contributed by atoms with Gasteiger partial charge >= 0.3 is 0 Å². The van der Waals surface area contributed by atoms with Crippen molar-refractivity contribution in [2.45, 2.75) is 92.4 Å². The summed E-state index contributed by atoms with van der Waals surface area (Å²) >= 11 is 0. The number of nitrogens with zero attached hydrogens (tertiary/aromatic N) is 1. The largest absolute Gasteiger partial charge is 0.325 e. The van der Waals surface area contributed by atoms with Gasteiger partial charge in [0.05, 0.1) is 31.9 Å². The molecule has 0 atom stereocenters. The van der Waals surface area contributed by atoms with E-state index in [1.54, 1.807) is 0 Å². The summed E-state index contributed by atoms with van der Waals surface area (Å²) in [5.74, 6) is -0.209. The van der Waals surface area contributed by atoms with Crippen LogP contribution in [0, 0.1) is 0 Å². The van der Waals surface area contributed by atoms with Crippen molar-refractivity contribution >= 4 is 10.1 Å². The molecule has 4 nitrogen and oxygen atoms in total. The van der Waals surface area contributed by atoms with Crippen molar-refractivity contribution in [3.8, 4) is 0 Å². The van der Waals surface area contributed by atoms with Gasteiger partial charge in [0.2, 0.25) is 0 Å². The Hall–Kier alpha value is -0.200. The van der Waals surface area contributed by atoms with Gasteiger partial charge in [-0.05, 0) is 38.6 Å². The van der Waals surface area contributed by atoms with E-state index in [2.05, 4.69) is 39.0 Å². The fourth-order valence-electron chi connectivity index (χ4n) is 2.96. The van der Waals surface area contributed by atoms with Gasteiger partial charge in [0.1, 0.15) is 0 Å². The molecule has 0 spiro atoms. The number of rotatable bonds is 15. The predicted octanol–water partition coefficient (Wildman–Crippen LogP) is 5.63. The van der Waals surface area contributed by atoms with E-state index >= 15 is 0 Å². The summed E-state index contributed by atoms with van der Waals surface area (Å²) in [6, 6.07) is 0. The van der Waals surface area contributed by atoms with Crippen molar-refractivity contribution in [1.82, 2.24) is 0 Å². The van der Waals surface area contributed by atoms with Gasteiger partial charge in [-0.2, -0.15) is 8.42 Å². The van der Waals surface area contributed by atoms with Crippen LogP contribution in [-0.4, -0.2) is 44.8 Å². The fourth-order valence-corrected chi connectivity index (χ4v) is 3.58. The number of hydrogen-bond donors (Lipinski definition) is 0. The van der Waals surface area contributed by atoms with Gasteiger partial charge in [-0.1, -0.05) is 62.7 Å². The second-order valence-electron chi connectivity index (χ2n) is 6.76. The van der Waals surface area contributed by atoms with Gasteiger partial charge in [-0.25, -0.2) is 0 Å². The number of quaternary nitrogens is 1. The highest BCUT2D eigenvalue weighted by atomic mass is 32.2. The molecule has 154 valence electrons. The van der Waals surface area contributed by atoms with Crippen LogP contribution < -0.4 is 0 Å². The van der Waals surface area contributed by atoms with Crippen LogP contribution in [0.5, 0.6) is 0 Å². The SMILES string of the molecule is CCCCCCCCCCCS(=O)(=O)OF.CC[N+](CC)(CC)CC. The lowest BCUT2D eigenvalue weighted by Crippen LogP contribution is -2.47. The van der Waals surface area contributed by atoms with Gasteiger partial charge < -0.3 is 4.48 Å². The standard InChI is InChI=1S/C11H23FO3S.C8H20N/c1-2-3-4-5-6-7-8-9-10-11-16(13,14)15-12;1-5-9(6-2,7-3)8-4/h2-11H2,1H3;5-8H2,1-4H3/q;+1. The molecule has 0 amide bonds. The van der Waals surface area contributed by atoms with Crippen molar-refractivity contribution in [2.75, 3.05) is 31.9 Å². The molecule has 0 bridgehead atoms. The van der Waals surface area contributed by atoms with Crippen molar-refractivity contribution in [3.05, 3.63) is 0 Å². The summed E-state index contributed by atoms with van der Waals surface area (Å²) in [6.07, 6.45) is 9.80. The third kappa shape index (κ3) is 15.7. The zero-order valence-electron chi connectivity index (χ0n) is 17.4. The van der Waals surface area contributed by atoms with E-state index < -0.39 is 10.1 Å². The lowest BCUT2D eigenvalue weighted by Gasteiger charge is -2.34. The highest BCUT2D eigenvalue weighted by Gasteiger charge is 2.16. The second-order valence-corrected chi connectivity index (χ2v) is 8.41. The van der Waals surface area contributed by atoms with Gasteiger partial charge in [-0.15, -0.1) is 0 Å². The first kappa shape index (κ1) is 27.0. The first-order valence-corrected chi connectivity index (χ1v) is 11.8. The predicted molar refractivity (Wildman–Crippen MR) is 106 cm³/mol. The van der Waals surface area contributed by atoms with Crippen LogP contribution in [-0.2, 0) is 14.5 Å². The summed E-state index contributed by atoms with van der Waals surface area (Å²) in [5, 5.41) is 0. The van der Waals surface area contributed by atoms with E-state index in [0.717, 1.165) is 19.3 Å². The third-order valence-electron chi connectivity index (χ3n) is 5.28. The molecular formula is C19H43FNO3S+. The molecule has 0 aliphatic heterocycles. The van der Waals surface area contributed by atoms with Crippen LogP contribution in [0.1, 0.15) is 92.4 Å². The summed E-state index contributed by atoms with van der Waals surface area (Å²) < 4.78 is 36.8. The molecule has 0 heterocycles. The molecule has 0 aromatic rings. The summed E-state index contributed by atoms with van der Waals surface area (Å²) in [5.41, 5.74) is 0. The lowest BCUT2D eigenvalue weighted by atomic mass is 10.1. The Morgan fingerprint density at radius 1 is 0.680 bits per heavy atom. The maximum Gasteiger partial charge on any atom is 0.297 e. The quantitative estimate of drug-likeness (QED) is 0.271. The van der Waals surface area contributed by atoms with Crippen LogP contribution in [0.15, 0.2) is 0 Å². The molecule has 0 aromatic heterocycles. The molecular weight excluding hydrogens is 341 g/mol. The Morgan fingerprint density at radius 3 is 1.32 bits per heavy atom. The van der Waals surface area contributed by atoms with Gasteiger partial charge in [0.15, 0.2) is 0 Å². The number of hydrogen-bond acceptors (Lipinski definition) is 3. The summed E-state index contributed by atoms with van der Waals surface area (Å²) in [7, 11) is -3.89. The van der Waals surface area contributed by atoms with E-state index in [4.69, 9.17) is 0 Å². The molecule has 25 heavy (non-hydrogen) atoms. The topological polar surface area (TPSA) is 43.4 Å². The van der Waals surface area contributed by atoms with E-state index in [0.29, 0.717) is 6.42 Å². The Morgan fingerprint density at radius 2 is 1.04 bits per heavy atom. The Labute approximate surface area is 156 Å². The second kappa shape index (κ2) is 17.2. The molecule has 0 N–H and O–H groups in total. The van der Waals surface area contributed by atoms with Crippen molar-refractivity contribution < 1.29 is 21.8 Å². The highest BCUT2D eigenvalue weighted by molar-refractivity contribution is 7.86. The average Bonchev–Trinajstić information content (AvgIpc) is 2.63. The third-order valence-corrected chi connectivity index (χ3v) is 6.26. The molecule has 0 radical (unpaired) electrons. The first-order chi connectivity index (χ1) is 11.9. The van der Waals surface area contributed by atoms with Crippen molar-refractivity contribution in [2.24, 2.45) is 0 Å². The Balaban J connectivity index is 0. The molecule has 6 heteroatoms. The van der Waals surface area contributed by atoms with Crippen molar-refractivity contribution in [1.29, 1.82) is 0 Å². The minimum atomic E-state index is -3.89. The van der Waals surface area contributed by atoms with E-state index in [1.807, 2.05) is 0 Å². The average molecular weight is 385 g/mol. The summed E-state index contributed by atoms with van der Waals surface area (Å²) in [6.45, 7) is 16.4. The molecule has 0 rings (SSSR count). The minimum absolute atomic E-state index is 0.209. The Kier molecular flexibility index (Phi) is 18.6. The van der Waals surface area contributed by atoms with E-state index in [9.17, 15) is 12.9 Å². The number of unbranched alkanes of at least 4 members (excludes halogenated alkanes) is 8. The zero-order valence-corrected chi connectivity index (χ0v) is 18.2. The van der Waals surface area contributed by atoms with Gasteiger partial charge in [-0.3, -0.25) is 0 Å². The normalized spacial score (nSPS) is 11.9. The molecule has 0 aliphatic rings. The van der Waals surface area contributed by atoms with Crippen LogP contribution in [0.25, 0.3) is 0 Å². The van der Waals surface area contributed by atoms with E-state index in [1.165, 1.54) is 62.8 Å². The molecule has 0 aromatic carbocycles. The Bertz CT molecular complexity index is 353. The molecule has 0 unspecified atom stereocenters. The smallest absolute Gasteiger partial charge is 0.297 e. The van der Waals surface area contributed by atoms with E-state index in [-0.39, 0.29) is 5.75 Å². The molecule has 0 saturated carbocycles. The van der Waals surface area contributed by atoms with Crippen LogP contribution in [0.3, 0.4) is 0 Å². The van der Waals surface area contributed by atoms with Crippen LogP contribution in [0.2, 0.25) is 0 Å². The molecule has 0 aliphatic carbocycles. The number of halogens is 1. The van der Waals surface area contributed by atoms with Crippen LogP contribution >= 0.6 is 0 Å². The van der Waals surface area contributed by atoms with Crippen LogP contribution in [0.4, 0.5) is 4.53 Å².